The second kappa shape index (κ2) is 5.72. The molecule has 0 aliphatic rings. The van der Waals surface area contributed by atoms with E-state index in [1.807, 2.05) is 34.0 Å². The van der Waals surface area contributed by atoms with Crippen molar-refractivity contribution in [3.63, 3.8) is 0 Å². The fourth-order valence-corrected chi connectivity index (χ4v) is 2.88. The number of Topliss-reactive ketones (excluding diaryl/α,β-unsaturated/α-hetero) is 1. The highest BCUT2D eigenvalue weighted by Crippen LogP contribution is 2.15. The Hall–Kier alpha value is -1.39. The molecule has 2 heterocycles. The highest BCUT2D eigenvalue weighted by molar-refractivity contribution is 7.07. The summed E-state index contributed by atoms with van der Waals surface area (Å²) in [6, 6.07) is 4.08. The summed E-state index contributed by atoms with van der Waals surface area (Å²) < 4.78 is 2.06. The van der Waals surface area contributed by atoms with E-state index in [1.165, 1.54) is 5.56 Å². The Labute approximate surface area is 118 Å². The Morgan fingerprint density at radius 2 is 2.16 bits per heavy atom. The van der Waals surface area contributed by atoms with Crippen LogP contribution in [0.15, 0.2) is 22.9 Å². The van der Waals surface area contributed by atoms with Crippen molar-refractivity contribution in [2.24, 2.45) is 7.05 Å². The fraction of sp³-hybridized carbons (Fsp3) is 0.400. The van der Waals surface area contributed by atoms with Gasteiger partial charge in [0.25, 0.3) is 0 Å². The maximum atomic E-state index is 12.3. The molecule has 2 rings (SSSR count). The molecule has 0 aromatic carbocycles. The normalized spacial score (nSPS) is 11.2. The number of carbonyl (C=O) groups is 1. The van der Waals surface area contributed by atoms with Crippen LogP contribution in [0.4, 0.5) is 0 Å². The number of hydrogen-bond acceptors (Lipinski definition) is 3. The van der Waals surface area contributed by atoms with Gasteiger partial charge in [0, 0.05) is 30.5 Å². The molecule has 2 aromatic heterocycles. The smallest absolute Gasteiger partial charge is 0.178 e. The molecule has 0 N–H and O–H groups in total. The summed E-state index contributed by atoms with van der Waals surface area (Å²) in [5, 5.41) is 4.19. The molecule has 0 saturated carbocycles. The van der Waals surface area contributed by atoms with Crippen molar-refractivity contribution in [3.8, 4) is 0 Å². The van der Waals surface area contributed by atoms with Crippen LogP contribution in [0, 0.1) is 13.8 Å². The van der Waals surface area contributed by atoms with Gasteiger partial charge in [0.05, 0.1) is 6.54 Å². The average Bonchev–Trinajstić information content (AvgIpc) is 2.93. The van der Waals surface area contributed by atoms with Crippen molar-refractivity contribution < 1.29 is 4.79 Å². The summed E-state index contributed by atoms with van der Waals surface area (Å²) in [4.78, 5) is 14.4. The number of rotatable bonds is 5. The van der Waals surface area contributed by atoms with Gasteiger partial charge in [0.1, 0.15) is 0 Å². The molecular formula is C15H20N2OS. The quantitative estimate of drug-likeness (QED) is 0.784. The van der Waals surface area contributed by atoms with Crippen LogP contribution in [-0.2, 0) is 13.6 Å². The van der Waals surface area contributed by atoms with E-state index in [1.54, 1.807) is 11.3 Å². The van der Waals surface area contributed by atoms with Crippen LogP contribution in [0.1, 0.15) is 27.3 Å². The predicted molar refractivity (Wildman–Crippen MR) is 79.9 cm³/mol. The van der Waals surface area contributed by atoms with Gasteiger partial charge in [0.2, 0.25) is 0 Å². The lowest BCUT2D eigenvalue weighted by atomic mass is 10.1. The Bertz CT molecular complexity index is 569. The third-order valence-electron chi connectivity index (χ3n) is 3.52. The minimum absolute atomic E-state index is 0.193. The molecular weight excluding hydrogens is 256 g/mol. The number of thiophene rings is 1. The topological polar surface area (TPSA) is 25.2 Å². The van der Waals surface area contributed by atoms with Gasteiger partial charge in [-0.05, 0) is 49.4 Å². The molecule has 19 heavy (non-hydrogen) atoms. The van der Waals surface area contributed by atoms with E-state index in [2.05, 4.69) is 26.3 Å². The molecule has 0 amide bonds. The maximum absolute atomic E-state index is 12.3. The molecule has 0 atom stereocenters. The summed E-state index contributed by atoms with van der Waals surface area (Å²) in [6.07, 6.45) is 0. The molecule has 0 fully saturated rings. The lowest BCUT2D eigenvalue weighted by Crippen LogP contribution is -2.25. The molecule has 102 valence electrons. The molecule has 0 aliphatic heterocycles. The van der Waals surface area contributed by atoms with E-state index >= 15 is 0 Å². The van der Waals surface area contributed by atoms with Crippen LogP contribution in [0.25, 0.3) is 0 Å². The van der Waals surface area contributed by atoms with Gasteiger partial charge in [-0.1, -0.05) is 0 Å². The predicted octanol–water partition coefficient (Wildman–Crippen LogP) is 3.02. The molecule has 3 nitrogen and oxygen atoms in total. The second-order valence-electron chi connectivity index (χ2n) is 5.07. The third-order valence-corrected chi connectivity index (χ3v) is 4.25. The summed E-state index contributed by atoms with van der Waals surface area (Å²) in [5.74, 6) is 0.193. The van der Waals surface area contributed by atoms with E-state index in [0.29, 0.717) is 6.54 Å². The number of aromatic nitrogens is 1. The Morgan fingerprint density at radius 3 is 2.68 bits per heavy atom. The van der Waals surface area contributed by atoms with Crippen LogP contribution in [0.3, 0.4) is 0 Å². The summed E-state index contributed by atoms with van der Waals surface area (Å²) >= 11 is 1.69. The Morgan fingerprint density at radius 1 is 1.42 bits per heavy atom. The van der Waals surface area contributed by atoms with E-state index in [-0.39, 0.29) is 5.78 Å². The highest BCUT2D eigenvalue weighted by Gasteiger charge is 2.15. The number of likely N-dealkylation sites (N-methyl/N-ethyl adjacent to an activating group) is 1. The van der Waals surface area contributed by atoms with Gasteiger partial charge >= 0.3 is 0 Å². The van der Waals surface area contributed by atoms with Gasteiger partial charge < -0.3 is 4.57 Å². The van der Waals surface area contributed by atoms with Gasteiger partial charge in [0.15, 0.2) is 5.78 Å². The maximum Gasteiger partial charge on any atom is 0.178 e. The third kappa shape index (κ3) is 3.14. The number of carbonyl (C=O) groups excluding carboxylic acids is 1. The molecule has 0 bridgehead atoms. The molecule has 0 aliphatic carbocycles. The summed E-state index contributed by atoms with van der Waals surface area (Å²) in [5.41, 5.74) is 4.28. The number of ketones is 1. The van der Waals surface area contributed by atoms with Crippen molar-refractivity contribution in [3.05, 3.63) is 45.4 Å². The molecule has 0 saturated heterocycles. The zero-order valence-electron chi connectivity index (χ0n) is 11.9. The van der Waals surface area contributed by atoms with Gasteiger partial charge in [-0.2, -0.15) is 11.3 Å². The number of nitrogens with zero attached hydrogens (tertiary/aromatic N) is 2. The average molecular weight is 276 g/mol. The van der Waals surface area contributed by atoms with Crippen molar-refractivity contribution in [2.75, 3.05) is 13.6 Å². The van der Waals surface area contributed by atoms with Crippen molar-refractivity contribution >= 4 is 17.1 Å². The van der Waals surface area contributed by atoms with E-state index in [9.17, 15) is 4.79 Å². The Kier molecular flexibility index (Phi) is 4.22. The highest BCUT2D eigenvalue weighted by atomic mass is 32.1. The SMILES string of the molecule is Cc1cc(C(=O)CN(C)Cc2ccsc2)c(C)n1C. The zero-order valence-corrected chi connectivity index (χ0v) is 12.8. The van der Waals surface area contributed by atoms with E-state index in [0.717, 1.165) is 23.5 Å². The van der Waals surface area contributed by atoms with E-state index < -0.39 is 0 Å². The first-order valence-electron chi connectivity index (χ1n) is 6.34. The minimum atomic E-state index is 0.193. The van der Waals surface area contributed by atoms with E-state index in [4.69, 9.17) is 0 Å². The largest absolute Gasteiger partial charge is 0.351 e. The zero-order chi connectivity index (χ0) is 14.0. The van der Waals surface area contributed by atoms with Crippen LogP contribution in [0.5, 0.6) is 0 Å². The lowest BCUT2D eigenvalue weighted by Gasteiger charge is -2.14. The van der Waals surface area contributed by atoms with Crippen LogP contribution in [0.2, 0.25) is 0 Å². The van der Waals surface area contributed by atoms with Crippen LogP contribution >= 0.6 is 11.3 Å². The first-order valence-corrected chi connectivity index (χ1v) is 7.29. The second-order valence-corrected chi connectivity index (χ2v) is 5.85. The Balaban J connectivity index is 2.02. The fourth-order valence-electron chi connectivity index (χ4n) is 2.22. The minimum Gasteiger partial charge on any atom is -0.351 e. The van der Waals surface area contributed by atoms with Crippen molar-refractivity contribution in [2.45, 2.75) is 20.4 Å². The van der Waals surface area contributed by atoms with Crippen LogP contribution in [-0.4, -0.2) is 28.8 Å². The lowest BCUT2D eigenvalue weighted by molar-refractivity contribution is 0.0942. The van der Waals surface area contributed by atoms with Gasteiger partial charge in [-0.25, -0.2) is 0 Å². The monoisotopic (exact) mass is 276 g/mol. The molecule has 4 heteroatoms. The number of hydrogen-bond donors (Lipinski definition) is 0. The van der Waals surface area contributed by atoms with Gasteiger partial charge in [-0.15, -0.1) is 0 Å². The standard InChI is InChI=1S/C15H20N2OS/c1-11-7-14(12(2)17(11)4)15(18)9-16(3)8-13-5-6-19-10-13/h5-7,10H,8-9H2,1-4H3. The molecule has 0 unspecified atom stereocenters. The molecule has 0 spiro atoms. The number of aryl methyl sites for hydroxylation is 1. The molecule has 2 aromatic rings. The van der Waals surface area contributed by atoms with Crippen molar-refractivity contribution in [1.82, 2.24) is 9.47 Å². The van der Waals surface area contributed by atoms with Crippen molar-refractivity contribution in [1.29, 1.82) is 0 Å². The van der Waals surface area contributed by atoms with Crippen LogP contribution < -0.4 is 0 Å². The van der Waals surface area contributed by atoms with Gasteiger partial charge in [-0.3, -0.25) is 9.69 Å². The summed E-state index contributed by atoms with van der Waals surface area (Å²) in [6.45, 7) is 5.30. The first-order chi connectivity index (χ1) is 8.99. The first kappa shape index (κ1) is 14.0. The summed E-state index contributed by atoms with van der Waals surface area (Å²) in [7, 11) is 3.98. The molecule has 0 radical (unpaired) electrons.